The fraction of sp³-hybridized carbons (Fsp3) is 0.375. The minimum absolute atomic E-state index is 0.663. The number of ether oxygens (including phenoxy) is 1. The van der Waals surface area contributed by atoms with Crippen LogP contribution in [0.5, 0.6) is 0 Å². The molecule has 1 aliphatic carbocycles. The highest BCUT2D eigenvalue weighted by molar-refractivity contribution is 5.22. The zero-order valence-corrected chi connectivity index (χ0v) is 11.1. The standard InChI is InChI=1S/C14H16O.C2H6/c1-12-6-5-9-14(10-12)15-11-13-7-3-2-4-8-13;1-2/h2-4,7-10H,5-6,11H2,1H3;1-2H3. The van der Waals surface area contributed by atoms with Gasteiger partial charge in [0.05, 0.1) is 0 Å². The quantitative estimate of drug-likeness (QED) is 0.721. The maximum absolute atomic E-state index is 5.72. The van der Waals surface area contributed by atoms with Crippen LogP contribution in [0.3, 0.4) is 0 Å². The third-order valence-electron chi connectivity index (χ3n) is 2.52. The molecule has 2 rings (SSSR count). The van der Waals surface area contributed by atoms with Gasteiger partial charge in [-0.15, -0.1) is 0 Å². The highest BCUT2D eigenvalue weighted by Crippen LogP contribution is 2.18. The van der Waals surface area contributed by atoms with Crippen LogP contribution < -0.4 is 0 Å². The molecule has 0 atom stereocenters. The summed E-state index contributed by atoms with van der Waals surface area (Å²) in [5, 5.41) is 0. The second-order valence-corrected chi connectivity index (χ2v) is 3.91. The number of hydrogen-bond acceptors (Lipinski definition) is 1. The van der Waals surface area contributed by atoms with E-state index in [0.29, 0.717) is 6.61 Å². The van der Waals surface area contributed by atoms with Gasteiger partial charge >= 0.3 is 0 Å². The Morgan fingerprint density at radius 1 is 1.12 bits per heavy atom. The van der Waals surface area contributed by atoms with Crippen LogP contribution in [0.4, 0.5) is 0 Å². The molecule has 1 aromatic rings. The highest BCUT2D eigenvalue weighted by Gasteiger charge is 2.02. The van der Waals surface area contributed by atoms with Crippen molar-refractivity contribution in [3.63, 3.8) is 0 Å². The number of allylic oxidation sites excluding steroid dienone is 3. The highest BCUT2D eigenvalue weighted by atomic mass is 16.5. The monoisotopic (exact) mass is 230 g/mol. The van der Waals surface area contributed by atoms with Gasteiger partial charge in [-0.3, -0.25) is 0 Å². The Hall–Kier alpha value is -1.50. The Morgan fingerprint density at radius 3 is 2.47 bits per heavy atom. The van der Waals surface area contributed by atoms with Gasteiger partial charge in [0.1, 0.15) is 12.4 Å². The summed E-state index contributed by atoms with van der Waals surface area (Å²) in [7, 11) is 0. The third kappa shape index (κ3) is 4.90. The maximum atomic E-state index is 5.72. The lowest BCUT2D eigenvalue weighted by Gasteiger charge is -2.12. The van der Waals surface area contributed by atoms with Gasteiger partial charge in [-0.1, -0.05) is 49.8 Å². The molecule has 92 valence electrons. The van der Waals surface area contributed by atoms with Gasteiger partial charge in [0.15, 0.2) is 0 Å². The van der Waals surface area contributed by atoms with Crippen LogP contribution in [-0.4, -0.2) is 0 Å². The van der Waals surface area contributed by atoms with Crippen molar-refractivity contribution in [1.82, 2.24) is 0 Å². The molecule has 1 heteroatoms. The van der Waals surface area contributed by atoms with E-state index in [-0.39, 0.29) is 0 Å². The molecule has 0 amide bonds. The average molecular weight is 230 g/mol. The summed E-state index contributed by atoms with van der Waals surface area (Å²) < 4.78 is 5.72. The molecule has 0 aliphatic heterocycles. The molecule has 0 spiro atoms. The van der Waals surface area contributed by atoms with Gasteiger partial charge in [-0.25, -0.2) is 0 Å². The fourth-order valence-corrected chi connectivity index (χ4v) is 1.66. The van der Waals surface area contributed by atoms with Crippen molar-refractivity contribution in [2.75, 3.05) is 0 Å². The van der Waals surface area contributed by atoms with E-state index in [1.807, 2.05) is 32.0 Å². The molecule has 0 radical (unpaired) electrons. The molecule has 0 aromatic heterocycles. The summed E-state index contributed by atoms with van der Waals surface area (Å²) in [6.45, 7) is 6.81. The lowest BCUT2D eigenvalue weighted by molar-refractivity contribution is 0.208. The molecule has 1 nitrogen and oxygen atoms in total. The van der Waals surface area contributed by atoms with E-state index in [1.54, 1.807) is 0 Å². The largest absolute Gasteiger partial charge is 0.489 e. The first-order valence-electron chi connectivity index (χ1n) is 6.38. The molecule has 0 bridgehead atoms. The normalized spacial score (nSPS) is 14.1. The van der Waals surface area contributed by atoms with Crippen molar-refractivity contribution in [2.24, 2.45) is 0 Å². The first-order chi connectivity index (χ1) is 8.34. The van der Waals surface area contributed by atoms with Crippen molar-refractivity contribution < 1.29 is 4.74 Å². The van der Waals surface area contributed by atoms with Crippen molar-refractivity contribution in [3.8, 4) is 0 Å². The first kappa shape index (κ1) is 13.6. The van der Waals surface area contributed by atoms with Gasteiger partial charge in [0.2, 0.25) is 0 Å². The zero-order valence-electron chi connectivity index (χ0n) is 11.1. The molecule has 0 fully saturated rings. The van der Waals surface area contributed by atoms with Gasteiger partial charge in [-0.2, -0.15) is 0 Å². The van der Waals surface area contributed by atoms with Crippen LogP contribution in [0.2, 0.25) is 0 Å². The van der Waals surface area contributed by atoms with Crippen LogP contribution in [0.1, 0.15) is 39.2 Å². The number of benzene rings is 1. The molecule has 0 saturated heterocycles. The van der Waals surface area contributed by atoms with Crippen molar-refractivity contribution >= 4 is 0 Å². The molecule has 1 aromatic carbocycles. The molecule has 17 heavy (non-hydrogen) atoms. The van der Waals surface area contributed by atoms with Crippen molar-refractivity contribution in [3.05, 3.63) is 59.4 Å². The topological polar surface area (TPSA) is 9.23 Å². The van der Waals surface area contributed by atoms with Crippen LogP contribution >= 0.6 is 0 Å². The van der Waals surface area contributed by atoms with E-state index >= 15 is 0 Å². The summed E-state index contributed by atoms with van der Waals surface area (Å²) in [4.78, 5) is 0. The Kier molecular flexibility index (Phi) is 6.16. The van der Waals surface area contributed by atoms with Gasteiger partial charge < -0.3 is 4.74 Å². The van der Waals surface area contributed by atoms with Crippen LogP contribution in [-0.2, 0) is 11.3 Å². The lowest BCUT2D eigenvalue weighted by Crippen LogP contribution is -1.96. The number of rotatable bonds is 3. The molecule has 0 unspecified atom stereocenters. The zero-order chi connectivity index (χ0) is 12.5. The van der Waals surface area contributed by atoms with Crippen molar-refractivity contribution in [2.45, 2.75) is 40.2 Å². The lowest BCUT2D eigenvalue weighted by atomic mass is 10.1. The van der Waals surface area contributed by atoms with Gasteiger partial charge in [0.25, 0.3) is 0 Å². The fourth-order valence-electron chi connectivity index (χ4n) is 1.66. The third-order valence-corrected chi connectivity index (χ3v) is 2.52. The summed E-state index contributed by atoms with van der Waals surface area (Å²) >= 11 is 0. The Bertz CT molecular complexity index is 374. The van der Waals surface area contributed by atoms with E-state index in [9.17, 15) is 0 Å². The van der Waals surface area contributed by atoms with Gasteiger partial charge in [0, 0.05) is 0 Å². The van der Waals surface area contributed by atoms with Crippen LogP contribution in [0.15, 0.2) is 53.8 Å². The summed E-state index contributed by atoms with van der Waals surface area (Å²) in [6, 6.07) is 10.3. The minimum atomic E-state index is 0.663. The van der Waals surface area contributed by atoms with E-state index in [4.69, 9.17) is 4.74 Å². The summed E-state index contributed by atoms with van der Waals surface area (Å²) in [5.74, 6) is 1.02. The predicted molar refractivity (Wildman–Crippen MR) is 73.7 cm³/mol. The van der Waals surface area contributed by atoms with E-state index in [1.165, 1.54) is 11.1 Å². The predicted octanol–water partition coefficient (Wildman–Crippen LogP) is 4.85. The second-order valence-electron chi connectivity index (χ2n) is 3.91. The van der Waals surface area contributed by atoms with Crippen molar-refractivity contribution in [1.29, 1.82) is 0 Å². The molecular formula is C16H22O. The Balaban J connectivity index is 0.000000686. The van der Waals surface area contributed by atoms with Gasteiger partial charge in [-0.05, 0) is 37.5 Å². The SMILES string of the molecule is CC.CC1=CC(OCc2ccccc2)=CCC1. The molecular weight excluding hydrogens is 208 g/mol. The summed E-state index contributed by atoms with van der Waals surface area (Å²) in [6.07, 6.45) is 6.56. The Labute approximate surface area is 105 Å². The molecule has 0 heterocycles. The smallest absolute Gasteiger partial charge is 0.115 e. The molecule has 0 N–H and O–H groups in total. The van der Waals surface area contributed by atoms with E-state index in [2.05, 4.69) is 31.2 Å². The molecule has 0 saturated carbocycles. The van der Waals surface area contributed by atoms with Crippen LogP contribution in [0.25, 0.3) is 0 Å². The van der Waals surface area contributed by atoms with E-state index in [0.717, 1.165) is 18.6 Å². The summed E-state index contributed by atoms with van der Waals surface area (Å²) in [5.41, 5.74) is 2.62. The van der Waals surface area contributed by atoms with E-state index < -0.39 is 0 Å². The van der Waals surface area contributed by atoms with Crippen LogP contribution in [0, 0.1) is 0 Å². The first-order valence-corrected chi connectivity index (χ1v) is 6.38. The maximum Gasteiger partial charge on any atom is 0.115 e. The molecule has 1 aliphatic rings. The minimum Gasteiger partial charge on any atom is -0.489 e. The average Bonchev–Trinajstić information content (AvgIpc) is 2.40. The second kappa shape index (κ2) is 7.72. The number of hydrogen-bond donors (Lipinski definition) is 0. The Morgan fingerprint density at radius 2 is 1.82 bits per heavy atom.